The van der Waals surface area contributed by atoms with Crippen molar-refractivity contribution in [2.45, 2.75) is 33.2 Å². The number of hydrogen-bond donors (Lipinski definition) is 0. The Hall–Kier alpha value is -2.53. The summed E-state index contributed by atoms with van der Waals surface area (Å²) in [6.45, 7) is 5.03. The van der Waals surface area contributed by atoms with Crippen LogP contribution in [0.3, 0.4) is 0 Å². The average molecular weight is 374 g/mol. The number of unbranched alkanes of at least 4 members (excludes halogenated alkanes) is 1. The minimum absolute atomic E-state index is 0.309. The summed E-state index contributed by atoms with van der Waals surface area (Å²) in [6, 6.07) is 10.9. The molecule has 2 aromatic carbocycles. The highest BCUT2D eigenvalue weighted by molar-refractivity contribution is 6.35. The molecule has 0 saturated carbocycles. The Morgan fingerprint density at radius 3 is 2.65 bits per heavy atom. The van der Waals surface area contributed by atoms with Crippen molar-refractivity contribution in [1.82, 2.24) is 4.57 Å². The van der Waals surface area contributed by atoms with Gasteiger partial charge in [-0.3, -0.25) is 4.57 Å². The number of para-hydroxylation sites is 1. The second-order valence-electron chi connectivity index (χ2n) is 6.20. The predicted octanol–water partition coefficient (Wildman–Crippen LogP) is 4.08. The SMILES string of the molecule is Cc1cccc(OCCCCn2c(=O)oc(=O)c3cccc(Cl)c32)c1C. The quantitative estimate of drug-likeness (QED) is 0.611. The van der Waals surface area contributed by atoms with Gasteiger partial charge in [0.25, 0.3) is 0 Å². The number of halogens is 1. The van der Waals surface area contributed by atoms with Crippen LogP contribution in [0.1, 0.15) is 24.0 Å². The molecule has 0 saturated heterocycles. The molecule has 0 N–H and O–H groups in total. The Morgan fingerprint density at radius 1 is 1.08 bits per heavy atom. The van der Waals surface area contributed by atoms with Gasteiger partial charge in [-0.05, 0) is 56.0 Å². The molecule has 3 rings (SSSR count). The molecule has 6 heteroatoms. The van der Waals surface area contributed by atoms with Crippen LogP contribution < -0.4 is 16.1 Å². The fourth-order valence-electron chi connectivity index (χ4n) is 2.87. The Morgan fingerprint density at radius 2 is 1.85 bits per heavy atom. The van der Waals surface area contributed by atoms with Crippen LogP contribution in [0.5, 0.6) is 5.75 Å². The number of aryl methyl sites for hydroxylation is 2. The lowest BCUT2D eigenvalue weighted by atomic mass is 10.1. The van der Waals surface area contributed by atoms with Gasteiger partial charge in [0, 0.05) is 6.54 Å². The number of rotatable bonds is 6. The van der Waals surface area contributed by atoms with E-state index in [2.05, 4.69) is 0 Å². The van der Waals surface area contributed by atoms with Crippen LogP contribution in [0.4, 0.5) is 0 Å². The number of nitrogens with zero attached hydrogens (tertiary/aromatic N) is 1. The van der Waals surface area contributed by atoms with Crippen LogP contribution in [0.15, 0.2) is 50.4 Å². The zero-order chi connectivity index (χ0) is 18.7. The lowest BCUT2D eigenvalue weighted by Crippen LogP contribution is -2.25. The van der Waals surface area contributed by atoms with E-state index in [0.29, 0.717) is 35.5 Å². The van der Waals surface area contributed by atoms with Crippen LogP contribution in [0.25, 0.3) is 10.9 Å². The maximum Gasteiger partial charge on any atom is 0.422 e. The maximum atomic E-state index is 12.1. The van der Waals surface area contributed by atoms with E-state index in [4.69, 9.17) is 20.8 Å². The Bertz CT molecular complexity index is 1050. The Balaban J connectivity index is 1.68. The van der Waals surface area contributed by atoms with Gasteiger partial charge >= 0.3 is 11.4 Å². The van der Waals surface area contributed by atoms with Gasteiger partial charge in [0.1, 0.15) is 5.75 Å². The van der Waals surface area contributed by atoms with Crippen LogP contribution >= 0.6 is 11.6 Å². The fraction of sp³-hybridized carbons (Fsp3) is 0.300. The van der Waals surface area contributed by atoms with Crippen molar-refractivity contribution in [2.24, 2.45) is 0 Å². The maximum absolute atomic E-state index is 12.1. The summed E-state index contributed by atoms with van der Waals surface area (Å²) in [5.74, 6) is 0.187. The molecule has 0 fully saturated rings. The van der Waals surface area contributed by atoms with E-state index < -0.39 is 11.4 Å². The molecule has 0 atom stereocenters. The molecule has 1 aromatic heterocycles. The summed E-state index contributed by atoms with van der Waals surface area (Å²) in [7, 11) is 0. The molecule has 0 aliphatic carbocycles. The van der Waals surface area contributed by atoms with Crippen LogP contribution in [0, 0.1) is 13.8 Å². The first-order valence-corrected chi connectivity index (χ1v) is 8.88. The third-order valence-electron chi connectivity index (χ3n) is 4.47. The van der Waals surface area contributed by atoms with Crippen LogP contribution in [-0.4, -0.2) is 11.2 Å². The number of ether oxygens (including phenoxy) is 1. The van der Waals surface area contributed by atoms with Gasteiger partial charge < -0.3 is 9.15 Å². The van der Waals surface area contributed by atoms with E-state index >= 15 is 0 Å². The number of benzene rings is 2. The molecule has 0 bridgehead atoms. The average Bonchev–Trinajstić information content (AvgIpc) is 2.61. The smallest absolute Gasteiger partial charge is 0.422 e. The van der Waals surface area contributed by atoms with E-state index in [1.807, 2.05) is 32.0 Å². The van der Waals surface area contributed by atoms with E-state index in [-0.39, 0.29) is 0 Å². The Labute approximate surface area is 155 Å². The normalized spacial score (nSPS) is 11.0. The summed E-state index contributed by atoms with van der Waals surface area (Å²) >= 11 is 6.19. The fourth-order valence-corrected chi connectivity index (χ4v) is 3.15. The van der Waals surface area contributed by atoms with Gasteiger partial charge in [0.15, 0.2) is 0 Å². The zero-order valence-electron chi connectivity index (χ0n) is 14.8. The van der Waals surface area contributed by atoms with Crippen molar-refractivity contribution in [3.8, 4) is 5.75 Å². The van der Waals surface area contributed by atoms with Crippen molar-refractivity contribution >= 4 is 22.5 Å². The minimum atomic E-state index is -0.689. The van der Waals surface area contributed by atoms with Crippen molar-refractivity contribution in [1.29, 1.82) is 0 Å². The molecule has 3 aromatic rings. The van der Waals surface area contributed by atoms with Crippen LogP contribution in [-0.2, 0) is 6.54 Å². The molecule has 0 aliphatic rings. The highest BCUT2D eigenvalue weighted by Crippen LogP contribution is 2.22. The molecule has 0 amide bonds. The number of fused-ring (bicyclic) bond motifs is 1. The topological polar surface area (TPSA) is 61.4 Å². The van der Waals surface area contributed by atoms with E-state index in [1.54, 1.807) is 18.2 Å². The number of hydrogen-bond acceptors (Lipinski definition) is 4. The van der Waals surface area contributed by atoms with Gasteiger partial charge in [-0.25, -0.2) is 9.59 Å². The summed E-state index contributed by atoms with van der Waals surface area (Å²) in [4.78, 5) is 23.9. The first kappa shape index (κ1) is 18.3. The molecular weight excluding hydrogens is 354 g/mol. The monoisotopic (exact) mass is 373 g/mol. The molecule has 0 spiro atoms. The van der Waals surface area contributed by atoms with E-state index in [9.17, 15) is 9.59 Å². The largest absolute Gasteiger partial charge is 0.493 e. The van der Waals surface area contributed by atoms with Gasteiger partial charge in [0.05, 0.1) is 22.5 Å². The molecule has 0 radical (unpaired) electrons. The van der Waals surface area contributed by atoms with Crippen LogP contribution in [0.2, 0.25) is 5.02 Å². The van der Waals surface area contributed by atoms with Crippen molar-refractivity contribution in [2.75, 3.05) is 6.61 Å². The highest BCUT2D eigenvalue weighted by atomic mass is 35.5. The van der Waals surface area contributed by atoms with Gasteiger partial charge in [-0.2, -0.15) is 0 Å². The lowest BCUT2D eigenvalue weighted by molar-refractivity contribution is 0.299. The molecule has 5 nitrogen and oxygen atoms in total. The summed E-state index contributed by atoms with van der Waals surface area (Å²) < 4.78 is 12.0. The summed E-state index contributed by atoms with van der Waals surface area (Å²) in [5.41, 5.74) is 2.08. The van der Waals surface area contributed by atoms with Gasteiger partial charge in [-0.1, -0.05) is 29.8 Å². The highest BCUT2D eigenvalue weighted by Gasteiger charge is 2.12. The van der Waals surface area contributed by atoms with Crippen molar-refractivity contribution < 1.29 is 9.15 Å². The first-order valence-electron chi connectivity index (χ1n) is 8.50. The molecule has 0 aliphatic heterocycles. The predicted molar refractivity (Wildman–Crippen MR) is 102 cm³/mol. The van der Waals surface area contributed by atoms with E-state index in [1.165, 1.54) is 10.1 Å². The molecule has 0 unspecified atom stereocenters. The van der Waals surface area contributed by atoms with E-state index in [0.717, 1.165) is 17.7 Å². The summed E-state index contributed by atoms with van der Waals surface area (Å²) in [5, 5.41) is 0.669. The first-order chi connectivity index (χ1) is 12.5. The summed E-state index contributed by atoms with van der Waals surface area (Å²) in [6.07, 6.45) is 1.45. The third kappa shape index (κ3) is 3.68. The molecule has 1 heterocycles. The number of aromatic nitrogens is 1. The van der Waals surface area contributed by atoms with Crippen molar-refractivity contribution in [3.05, 3.63) is 73.5 Å². The standard InChI is InChI=1S/C20H20ClNO4/c1-13-7-5-10-17(14(13)2)25-12-4-3-11-22-18-15(8-6-9-16(18)21)19(23)26-20(22)24/h5-10H,3-4,11-12H2,1-2H3. The van der Waals surface area contributed by atoms with Crippen molar-refractivity contribution in [3.63, 3.8) is 0 Å². The molecule has 136 valence electrons. The molecule has 26 heavy (non-hydrogen) atoms. The van der Waals surface area contributed by atoms with Gasteiger partial charge in [-0.15, -0.1) is 0 Å². The third-order valence-corrected chi connectivity index (χ3v) is 4.77. The second kappa shape index (κ2) is 7.79. The van der Waals surface area contributed by atoms with Gasteiger partial charge in [0.2, 0.25) is 0 Å². The minimum Gasteiger partial charge on any atom is -0.493 e. The second-order valence-corrected chi connectivity index (χ2v) is 6.60. The Kier molecular flexibility index (Phi) is 5.47. The lowest BCUT2D eigenvalue weighted by Gasteiger charge is -2.12. The zero-order valence-corrected chi connectivity index (χ0v) is 15.5. The molecular formula is C20H20ClNO4.